The fourth-order valence-electron chi connectivity index (χ4n) is 3.83. The molecule has 2 aliphatic rings. The Bertz CT molecular complexity index is 825. The van der Waals surface area contributed by atoms with Crippen molar-refractivity contribution in [1.29, 1.82) is 0 Å². The molecule has 0 aromatic carbocycles. The van der Waals surface area contributed by atoms with Crippen molar-refractivity contribution in [2.24, 2.45) is 0 Å². The highest BCUT2D eigenvalue weighted by atomic mass is 16.1. The zero-order valence-corrected chi connectivity index (χ0v) is 15.4. The van der Waals surface area contributed by atoms with Gasteiger partial charge in [0.15, 0.2) is 0 Å². The van der Waals surface area contributed by atoms with Crippen molar-refractivity contribution in [3.8, 4) is 0 Å². The van der Waals surface area contributed by atoms with Gasteiger partial charge in [0.25, 0.3) is 5.56 Å². The molecule has 0 atom stereocenters. The quantitative estimate of drug-likeness (QED) is 0.785. The Balaban J connectivity index is 1.27. The van der Waals surface area contributed by atoms with Crippen LogP contribution in [0.2, 0.25) is 0 Å². The van der Waals surface area contributed by atoms with Crippen molar-refractivity contribution in [3.05, 3.63) is 51.5 Å². The second kappa shape index (κ2) is 7.63. The summed E-state index contributed by atoms with van der Waals surface area (Å²) in [6.07, 6.45) is 6.78. The zero-order valence-electron chi connectivity index (χ0n) is 15.4. The van der Waals surface area contributed by atoms with Crippen LogP contribution >= 0.6 is 0 Å². The van der Waals surface area contributed by atoms with E-state index in [4.69, 9.17) is 0 Å². The second-order valence-electron chi connectivity index (χ2n) is 7.30. The van der Waals surface area contributed by atoms with E-state index in [1.165, 1.54) is 0 Å². The van der Waals surface area contributed by atoms with Gasteiger partial charge in [-0.1, -0.05) is 0 Å². The zero-order chi connectivity index (χ0) is 17.9. The molecule has 4 rings (SSSR count). The van der Waals surface area contributed by atoms with Crippen LogP contribution in [0.25, 0.3) is 0 Å². The predicted octanol–water partition coefficient (Wildman–Crippen LogP) is 0.648. The summed E-state index contributed by atoms with van der Waals surface area (Å²) in [5, 5.41) is 4.57. The summed E-state index contributed by atoms with van der Waals surface area (Å²) in [5.74, 6) is 0. The van der Waals surface area contributed by atoms with E-state index in [2.05, 4.69) is 24.9 Å². The van der Waals surface area contributed by atoms with E-state index in [1.807, 2.05) is 13.1 Å². The second-order valence-corrected chi connectivity index (χ2v) is 7.30. The van der Waals surface area contributed by atoms with Gasteiger partial charge in [-0.05, 0) is 31.7 Å². The molecule has 138 valence electrons. The number of rotatable bonds is 5. The lowest BCUT2D eigenvalue weighted by atomic mass is 10.2. The number of hydrogen-bond donors (Lipinski definition) is 0. The first-order valence-electron chi connectivity index (χ1n) is 9.49. The summed E-state index contributed by atoms with van der Waals surface area (Å²) in [7, 11) is 0. The monoisotopic (exact) mass is 354 g/mol. The van der Waals surface area contributed by atoms with Crippen molar-refractivity contribution in [2.45, 2.75) is 39.3 Å². The van der Waals surface area contributed by atoms with Gasteiger partial charge < -0.3 is 0 Å². The lowest BCUT2D eigenvalue weighted by Gasteiger charge is -2.34. The number of hydrogen-bond acceptors (Lipinski definition) is 6. The molecule has 0 saturated carbocycles. The molecule has 0 bridgehead atoms. The number of nitrogens with zero attached hydrogens (tertiary/aromatic N) is 6. The molecule has 7 heteroatoms. The van der Waals surface area contributed by atoms with Crippen molar-refractivity contribution in [3.63, 3.8) is 0 Å². The molecule has 0 unspecified atom stereocenters. The van der Waals surface area contributed by atoms with Crippen molar-refractivity contribution in [2.75, 3.05) is 32.7 Å². The summed E-state index contributed by atoms with van der Waals surface area (Å²) in [4.78, 5) is 25.8. The van der Waals surface area contributed by atoms with Gasteiger partial charge in [0.1, 0.15) is 0 Å². The van der Waals surface area contributed by atoms with Gasteiger partial charge in [0.05, 0.1) is 23.6 Å². The van der Waals surface area contributed by atoms with Crippen molar-refractivity contribution >= 4 is 0 Å². The molecule has 1 saturated heterocycles. The van der Waals surface area contributed by atoms with E-state index in [9.17, 15) is 4.79 Å². The average molecular weight is 354 g/mol. The Morgan fingerprint density at radius 1 is 1.04 bits per heavy atom. The van der Waals surface area contributed by atoms with Gasteiger partial charge in [0, 0.05) is 57.7 Å². The third-order valence-electron chi connectivity index (χ3n) is 5.31. The summed E-state index contributed by atoms with van der Waals surface area (Å²) < 4.78 is 1.65. The Labute approximate surface area is 153 Å². The fourth-order valence-corrected chi connectivity index (χ4v) is 3.83. The highest BCUT2D eigenvalue weighted by molar-refractivity contribution is 5.22. The predicted molar refractivity (Wildman–Crippen MR) is 99.0 cm³/mol. The van der Waals surface area contributed by atoms with Crippen LogP contribution in [-0.4, -0.2) is 62.3 Å². The van der Waals surface area contributed by atoms with Gasteiger partial charge in [0.2, 0.25) is 0 Å². The highest BCUT2D eigenvalue weighted by Gasteiger charge is 2.19. The Hall–Kier alpha value is -2.12. The largest absolute Gasteiger partial charge is 0.299 e. The minimum atomic E-state index is 0.0438. The smallest absolute Gasteiger partial charge is 0.267 e. The molecule has 1 fully saturated rings. The highest BCUT2D eigenvalue weighted by Crippen LogP contribution is 2.17. The van der Waals surface area contributed by atoms with Crippen molar-refractivity contribution < 1.29 is 0 Å². The summed E-state index contributed by atoms with van der Waals surface area (Å²) in [6, 6.07) is 1.79. The molecule has 3 heterocycles. The van der Waals surface area contributed by atoms with E-state index in [1.54, 1.807) is 16.9 Å². The number of fused-ring (bicyclic) bond motifs is 1. The van der Waals surface area contributed by atoms with Crippen LogP contribution in [0.4, 0.5) is 0 Å². The first kappa shape index (κ1) is 17.3. The first-order valence-corrected chi connectivity index (χ1v) is 9.49. The molecule has 26 heavy (non-hydrogen) atoms. The van der Waals surface area contributed by atoms with Gasteiger partial charge in [-0.2, -0.15) is 5.10 Å². The number of aromatic nitrogens is 4. The van der Waals surface area contributed by atoms with E-state index in [-0.39, 0.29) is 5.56 Å². The average Bonchev–Trinajstić information content (AvgIpc) is 3.08. The summed E-state index contributed by atoms with van der Waals surface area (Å²) in [6.45, 7) is 8.44. The van der Waals surface area contributed by atoms with Crippen LogP contribution in [0.3, 0.4) is 0 Å². The molecule has 2 aromatic rings. The van der Waals surface area contributed by atoms with Crippen LogP contribution in [0.15, 0.2) is 23.3 Å². The van der Waals surface area contributed by atoms with E-state index in [0.717, 1.165) is 81.2 Å². The molecule has 1 aliphatic carbocycles. The lowest BCUT2D eigenvalue weighted by Crippen LogP contribution is -2.47. The van der Waals surface area contributed by atoms with E-state index in [0.29, 0.717) is 6.54 Å². The van der Waals surface area contributed by atoms with Crippen LogP contribution < -0.4 is 5.56 Å². The van der Waals surface area contributed by atoms with Crippen LogP contribution in [0.5, 0.6) is 0 Å². The fraction of sp³-hybridized carbons (Fsp3) is 0.579. The molecule has 0 spiro atoms. The molecule has 2 aromatic heterocycles. The SMILES string of the molecule is Cc1cncc(CN2CCN(CCn3nc4c(cc3=O)CCC4)CC2)n1. The summed E-state index contributed by atoms with van der Waals surface area (Å²) in [5.41, 5.74) is 4.32. The van der Waals surface area contributed by atoms with Gasteiger partial charge in [-0.3, -0.25) is 24.6 Å². The molecule has 0 amide bonds. The topological polar surface area (TPSA) is 67.2 Å². The third kappa shape index (κ3) is 3.99. The Morgan fingerprint density at radius 3 is 2.65 bits per heavy atom. The molecule has 1 aliphatic heterocycles. The standard InChI is InChI=1S/C19H26N6O/c1-15-12-20-13-17(21-15)14-24-7-5-23(6-8-24)9-10-25-19(26)11-16-3-2-4-18(16)22-25/h11-13H,2-10,14H2,1H3. The summed E-state index contributed by atoms with van der Waals surface area (Å²) >= 11 is 0. The maximum Gasteiger partial charge on any atom is 0.267 e. The minimum absolute atomic E-state index is 0.0438. The molecular weight excluding hydrogens is 328 g/mol. The maximum absolute atomic E-state index is 12.2. The van der Waals surface area contributed by atoms with Crippen LogP contribution in [0, 0.1) is 6.92 Å². The Kier molecular flexibility index (Phi) is 5.08. The maximum atomic E-state index is 12.2. The normalized spacial score (nSPS) is 18.2. The van der Waals surface area contributed by atoms with E-state index < -0.39 is 0 Å². The number of piperazine rings is 1. The molecule has 0 radical (unpaired) electrons. The third-order valence-corrected chi connectivity index (χ3v) is 5.31. The number of aryl methyl sites for hydroxylation is 3. The molecule has 7 nitrogen and oxygen atoms in total. The van der Waals surface area contributed by atoms with Gasteiger partial charge in [-0.25, -0.2) is 4.68 Å². The first-order chi connectivity index (χ1) is 12.7. The Morgan fingerprint density at radius 2 is 1.85 bits per heavy atom. The van der Waals surface area contributed by atoms with Gasteiger partial charge in [-0.15, -0.1) is 0 Å². The van der Waals surface area contributed by atoms with E-state index >= 15 is 0 Å². The van der Waals surface area contributed by atoms with Crippen molar-refractivity contribution in [1.82, 2.24) is 29.5 Å². The molecular formula is C19H26N6O. The van der Waals surface area contributed by atoms with Gasteiger partial charge >= 0.3 is 0 Å². The molecule has 0 N–H and O–H groups in total. The van der Waals surface area contributed by atoms with Crippen LogP contribution in [-0.2, 0) is 25.9 Å². The minimum Gasteiger partial charge on any atom is -0.299 e. The van der Waals surface area contributed by atoms with Crippen LogP contribution in [0.1, 0.15) is 29.1 Å². The lowest BCUT2D eigenvalue weighted by molar-refractivity contribution is 0.121.